The van der Waals surface area contributed by atoms with Crippen molar-refractivity contribution < 1.29 is 14.3 Å². The number of ketones is 1. The summed E-state index contributed by atoms with van der Waals surface area (Å²) in [4.78, 5) is 24.2. The fourth-order valence-corrected chi connectivity index (χ4v) is 2.59. The van der Waals surface area contributed by atoms with E-state index in [0.29, 0.717) is 25.2 Å². The first kappa shape index (κ1) is 13.9. The van der Waals surface area contributed by atoms with E-state index in [4.69, 9.17) is 4.74 Å². The normalized spacial score (nSPS) is 30.8. The van der Waals surface area contributed by atoms with Crippen molar-refractivity contribution in [3.63, 3.8) is 0 Å². The predicted octanol–water partition coefficient (Wildman–Crippen LogP) is 2.75. The Morgan fingerprint density at radius 2 is 2.35 bits per heavy atom. The summed E-state index contributed by atoms with van der Waals surface area (Å²) < 4.78 is 4.85. The van der Waals surface area contributed by atoms with Gasteiger partial charge in [-0.25, -0.2) is 0 Å². The number of hydrogen-bond acceptors (Lipinski definition) is 3. The van der Waals surface area contributed by atoms with Gasteiger partial charge in [0.2, 0.25) is 0 Å². The van der Waals surface area contributed by atoms with Gasteiger partial charge in [0.1, 0.15) is 11.2 Å². The van der Waals surface area contributed by atoms with Crippen molar-refractivity contribution >= 4 is 11.8 Å². The molecule has 0 aromatic rings. The molecule has 1 aliphatic rings. The van der Waals surface area contributed by atoms with Crippen LogP contribution in [0.15, 0.2) is 12.7 Å². The van der Waals surface area contributed by atoms with Crippen LogP contribution < -0.4 is 0 Å². The number of methoxy groups -OCH3 is 1. The summed E-state index contributed by atoms with van der Waals surface area (Å²) in [5.41, 5.74) is -0.922. The zero-order chi connectivity index (χ0) is 13.1. The number of esters is 1. The van der Waals surface area contributed by atoms with Crippen LogP contribution >= 0.6 is 0 Å². The second-order valence-electron chi connectivity index (χ2n) is 5.26. The topological polar surface area (TPSA) is 43.4 Å². The molecule has 1 saturated carbocycles. The summed E-state index contributed by atoms with van der Waals surface area (Å²) in [5, 5.41) is 0. The molecule has 0 spiro atoms. The van der Waals surface area contributed by atoms with E-state index in [9.17, 15) is 9.59 Å². The monoisotopic (exact) mass is 238 g/mol. The van der Waals surface area contributed by atoms with Crippen molar-refractivity contribution in [1.29, 1.82) is 0 Å². The number of rotatable bonds is 4. The van der Waals surface area contributed by atoms with E-state index in [0.717, 1.165) is 6.42 Å². The van der Waals surface area contributed by atoms with Crippen LogP contribution in [-0.2, 0) is 14.3 Å². The minimum Gasteiger partial charge on any atom is -0.468 e. The Hall–Kier alpha value is -1.12. The maximum absolute atomic E-state index is 12.2. The van der Waals surface area contributed by atoms with Crippen molar-refractivity contribution in [2.75, 3.05) is 7.11 Å². The van der Waals surface area contributed by atoms with Crippen molar-refractivity contribution in [2.24, 2.45) is 17.3 Å². The third-order valence-corrected chi connectivity index (χ3v) is 3.78. The Balaban J connectivity index is 2.97. The molecule has 0 heterocycles. The zero-order valence-corrected chi connectivity index (χ0v) is 11.0. The number of carbonyl (C=O) groups is 2. The van der Waals surface area contributed by atoms with Crippen LogP contribution in [0.3, 0.4) is 0 Å². The van der Waals surface area contributed by atoms with Crippen LogP contribution in [0, 0.1) is 17.3 Å². The van der Waals surface area contributed by atoms with Gasteiger partial charge >= 0.3 is 5.97 Å². The molecule has 0 bridgehead atoms. The van der Waals surface area contributed by atoms with E-state index >= 15 is 0 Å². The van der Waals surface area contributed by atoms with Crippen molar-refractivity contribution in [1.82, 2.24) is 0 Å². The molecule has 17 heavy (non-hydrogen) atoms. The van der Waals surface area contributed by atoms with Crippen LogP contribution in [0.2, 0.25) is 0 Å². The van der Waals surface area contributed by atoms with Gasteiger partial charge in [-0.05, 0) is 31.1 Å². The highest BCUT2D eigenvalue weighted by atomic mass is 16.5. The molecular formula is C14H22O3. The quantitative estimate of drug-likeness (QED) is 0.429. The standard InChI is InChI=1S/C14H22O3/c1-5-10(2)9-14(13(16)17-4)7-6-11(3)8-12(14)15/h5,10-11H,1,6-9H2,2-4H3/t10?,11-,14-/m0/s1. The summed E-state index contributed by atoms with van der Waals surface area (Å²) in [6, 6.07) is 0. The highest BCUT2D eigenvalue weighted by molar-refractivity contribution is 6.04. The molecule has 0 radical (unpaired) electrons. The minimum absolute atomic E-state index is 0.0387. The molecule has 0 aromatic carbocycles. The molecule has 1 fully saturated rings. The number of allylic oxidation sites excluding steroid dienone is 1. The van der Waals surface area contributed by atoms with E-state index in [2.05, 4.69) is 13.5 Å². The lowest BCUT2D eigenvalue weighted by atomic mass is 9.66. The highest BCUT2D eigenvalue weighted by Gasteiger charge is 2.49. The summed E-state index contributed by atoms with van der Waals surface area (Å²) in [6.45, 7) is 7.75. The molecular weight excluding hydrogens is 216 g/mol. The summed E-state index contributed by atoms with van der Waals surface area (Å²) in [7, 11) is 1.36. The molecule has 0 amide bonds. The first-order chi connectivity index (χ1) is 7.96. The van der Waals surface area contributed by atoms with Gasteiger partial charge in [-0.15, -0.1) is 6.58 Å². The van der Waals surface area contributed by atoms with Gasteiger partial charge in [0.25, 0.3) is 0 Å². The number of hydrogen-bond donors (Lipinski definition) is 0. The summed E-state index contributed by atoms with van der Waals surface area (Å²) in [6.07, 6.45) is 4.31. The second-order valence-corrected chi connectivity index (χ2v) is 5.26. The van der Waals surface area contributed by atoms with Crippen molar-refractivity contribution in [2.45, 2.75) is 39.5 Å². The molecule has 3 heteroatoms. The fraction of sp³-hybridized carbons (Fsp3) is 0.714. The third-order valence-electron chi connectivity index (χ3n) is 3.78. The van der Waals surface area contributed by atoms with Crippen LogP contribution in [0.25, 0.3) is 0 Å². The van der Waals surface area contributed by atoms with E-state index in [-0.39, 0.29) is 17.7 Å². The molecule has 1 rings (SSSR count). The first-order valence-electron chi connectivity index (χ1n) is 6.20. The Morgan fingerprint density at radius 3 is 2.82 bits per heavy atom. The SMILES string of the molecule is C=CC(C)C[C@@]1(C(=O)OC)CC[C@H](C)CC1=O. The van der Waals surface area contributed by atoms with Crippen LogP contribution in [-0.4, -0.2) is 18.9 Å². The summed E-state index contributed by atoms with van der Waals surface area (Å²) in [5.74, 6) is 0.186. The van der Waals surface area contributed by atoms with Gasteiger partial charge in [0.05, 0.1) is 7.11 Å². The molecule has 1 aliphatic carbocycles. The van der Waals surface area contributed by atoms with Crippen molar-refractivity contribution in [3.8, 4) is 0 Å². The molecule has 96 valence electrons. The maximum atomic E-state index is 12.2. The average Bonchev–Trinajstić information content (AvgIpc) is 2.31. The Kier molecular flexibility index (Phi) is 4.49. The first-order valence-corrected chi connectivity index (χ1v) is 6.20. The van der Waals surface area contributed by atoms with Gasteiger partial charge in [0, 0.05) is 6.42 Å². The van der Waals surface area contributed by atoms with Crippen LogP contribution in [0.5, 0.6) is 0 Å². The zero-order valence-electron chi connectivity index (χ0n) is 11.0. The van der Waals surface area contributed by atoms with Crippen LogP contribution in [0.4, 0.5) is 0 Å². The molecule has 0 N–H and O–H groups in total. The molecule has 0 aliphatic heterocycles. The lowest BCUT2D eigenvalue weighted by Crippen LogP contribution is -2.45. The Morgan fingerprint density at radius 1 is 1.71 bits per heavy atom. The summed E-state index contributed by atoms with van der Waals surface area (Å²) >= 11 is 0. The van der Waals surface area contributed by atoms with E-state index in [1.807, 2.05) is 6.92 Å². The van der Waals surface area contributed by atoms with E-state index in [1.54, 1.807) is 6.08 Å². The Labute approximate surface area is 103 Å². The van der Waals surface area contributed by atoms with Gasteiger partial charge in [-0.3, -0.25) is 9.59 Å². The molecule has 3 nitrogen and oxygen atoms in total. The number of ether oxygens (including phenoxy) is 1. The van der Waals surface area contributed by atoms with Crippen LogP contribution in [0.1, 0.15) is 39.5 Å². The van der Waals surface area contributed by atoms with Crippen molar-refractivity contribution in [3.05, 3.63) is 12.7 Å². The predicted molar refractivity (Wildman–Crippen MR) is 66.4 cm³/mol. The lowest BCUT2D eigenvalue weighted by molar-refractivity contribution is -0.162. The molecule has 1 unspecified atom stereocenters. The van der Waals surface area contributed by atoms with Gasteiger partial charge in [-0.2, -0.15) is 0 Å². The van der Waals surface area contributed by atoms with Gasteiger partial charge < -0.3 is 4.74 Å². The minimum atomic E-state index is -0.922. The second kappa shape index (κ2) is 5.48. The van der Waals surface area contributed by atoms with Gasteiger partial charge in [0.15, 0.2) is 0 Å². The molecule has 0 saturated heterocycles. The highest BCUT2D eigenvalue weighted by Crippen LogP contribution is 2.42. The average molecular weight is 238 g/mol. The largest absolute Gasteiger partial charge is 0.468 e. The molecule has 0 aromatic heterocycles. The van der Waals surface area contributed by atoms with Gasteiger partial charge in [-0.1, -0.05) is 19.9 Å². The van der Waals surface area contributed by atoms with E-state index in [1.165, 1.54) is 7.11 Å². The maximum Gasteiger partial charge on any atom is 0.319 e. The Bertz CT molecular complexity index is 321. The molecule has 3 atom stereocenters. The lowest BCUT2D eigenvalue weighted by Gasteiger charge is -2.36. The smallest absolute Gasteiger partial charge is 0.319 e. The third kappa shape index (κ3) is 2.76. The number of Topliss-reactive ketones (excluding diaryl/α,β-unsaturated/α-hetero) is 1. The number of carbonyl (C=O) groups excluding carboxylic acids is 2. The van der Waals surface area contributed by atoms with E-state index < -0.39 is 5.41 Å². The fourth-order valence-electron chi connectivity index (χ4n) is 2.59.